The van der Waals surface area contributed by atoms with Crippen molar-refractivity contribution in [2.45, 2.75) is 32.3 Å². The number of benzene rings is 1. The molecule has 0 amide bonds. The molecule has 0 unspecified atom stereocenters. The Morgan fingerprint density at radius 1 is 1.10 bits per heavy atom. The quantitative estimate of drug-likeness (QED) is 0.701. The summed E-state index contributed by atoms with van der Waals surface area (Å²) in [5.74, 6) is 2.52. The second-order valence-electron chi connectivity index (χ2n) is 7.93. The van der Waals surface area contributed by atoms with Crippen molar-refractivity contribution in [3.05, 3.63) is 45.5 Å². The number of β-amino-alcohol motifs (C(OH)–C–C–N with tert-alkyl or cyclic N) is 1. The monoisotopic (exact) mass is 413 g/mol. The van der Waals surface area contributed by atoms with Crippen LogP contribution in [0.1, 0.15) is 29.4 Å². The van der Waals surface area contributed by atoms with Crippen LogP contribution in [0.3, 0.4) is 0 Å². The first-order chi connectivity index (χ1) is 14.3. The highest BCUT2D eigenvalue weighted by molar-refractivity contribution is 5.90. The summed E-state index contributed by atoms with van der Waals surface area (Å²) >= 11 is 0. The topological polar surface area (TPSA) is 85.3 Å². The summed E-state index contributed by atoms with van der Waals surface area (Å²) < 4.78 is 23.1. The van der Waals surface area contributed by atoms with Crippen LogP contribution in [0.15, 0.2) is 31.8 Å². The van der Waals surface area contributed by atoms with Gasteiger partial charge in [-0.3, -0.25) is 4.79 Å². The highest BCUT2D eigenvalue weighted by atomic mass is 16.5. The van der Waals surface area contributed by atoms with Crippen LogP contribution < -0.4 is 14.9 Å². The minimum Gasteiger partial charge on any atom is -0.496 e. The SMILES string of the molecule is COc1cc(OC)c2c(=O)cc(-c3cc(C)oc3C)oc2c1[C@H]1CCN(C)C[C@H]1O. The third-order valence-corrected chi connectivity index (χ3v) is 5.87. The molecule has 160 valence electrons. The van der Waals surface area contributed by atoms with Gasteiger partial charge in [0.05, 0.1) is 25.9 Å². The van der Waals surface area contributed by atoms with E-state index in [1.165, 1.54) is 13.2 Å². The van der Waals surface area contributed by atoms with E-state index in [2.05, 4.69) is 4.90 Å². The van der Waals surface area contributed by atoms with Crippen molar-refractivity contribution >= 4 is 11.0 Å². The normalized spacial score (nSPS) is 19.9. The molecular formula is C23H27NO6. The fraction of sp³-hybridized carbons (Fsp3) is 0.435. The van der Waals surface area contributed by atoms with E-state index in [0.717, 1.165) is 17.9 Å². The summed E-state index contributed by atoms with van der Waals surface area (Å²) in [6, 6.07) is 5.01. The summed E-state index contributed by atoms with van der Waals surface area (Å²) in [5, 5.41) is 11.2. The Hall–Kier alpha value is -2.77. The van der Waals surface area contributed by atoms with Crippen molar-refractivity contribution in [1.29, 1.82) is 0 Å². The number of aryl methyl sites for hydroxylation is 2. The van der Waals surface area contributed by atoms with Crippen LogP contribution in [-0.2, 0) is 0 Å². The molecule has 1 aliphatic rings. The summed E-state index contributed by atoms with van der Waals surface area (Å²) in [4.78, 5) is 15.2. The number of ether oxygens (including phenoxy) is 2. The Morgan fingerprint density at radius 2 is 1.83 bits per heavy atom. The molecule has 2 atom stereocenters. The Kier molecular flexibility index (Phi) is 5.34. The second kappa shape index (κ2) is 7.81. The van der Waals surface area contributed by atoms with Crippen molar-refractivity contribution in [3.8, 4) is 22.8 Å². The predicted molar refractivity (Wildman–Crippen MR) is 114 cm³/mol. The molecule has 0 aliphatic carbocycles. The Labute approximate surface area is 174 Å². The molecule has 2 aromatic heterocycles. The van der Waals surface area contributed by atoms with E-state index in [0.29, 0.717) is 52.5 Å². The first kappa shape index (κ1) is 20.5. The van der Waals surface area contributed by atoms with Crippen LogP contribution in [0.4, 0.5) is 0 Å². The molecule has 0 saturated carbocycles. The van der Waals surface area contributed by atoms with Gasteiger partial charge in [0.1, 0.15) is 39.7 Å². The average Bonchev–Trinajstić information content (AvgIpc) is 3.05. The molecule has 1 saturated heterocycles. The number of aliphatic hydroxyl groups is 1. The van der Waals surface area contributed by atoms with Gasteiger partial charge >= 0.3 is 0 Å². The van der Waals surface area contributed by atoms with Crippen molar-refractivity contribution < 1.29 is 23.4 Å². The lowest BCUT2D eigenvalue weighted by Crippen LogP contribution is -2.40. The predicted octanol–water partition coefficient (Wildman–Crippen LogP) is 3.47. The van der Waals surface area contributed by atoms with E-state index < -0.39 is 6.10 Å². The standard InChI is InChI=1S/C23H27NO6/c1-12-8-15(13(2)29-12)18-9-16(25)22-20(28-5)10-19(27-4)21(23(22)30-18)14-6-7-24(3)11-17(14)26/h8-10,14,17,26H,6-7,11H2,1-5H3/t14-,17+/m0/s1. The molecule has 0 spiro atoms. The van der Waals surface area contributed by atoms with E-state index in [1.807, 2.05) is 27.0 Å². The van der Waals surface area contributed by atoms with Gasteiger partial charge in [0.25, 0.3) is 0 Å². The van der Waals surface area contributed by atoms with Gasteiger partial charge in [-0.2, -0.15) is 0 Å². The van der Waals surface area contributed by atoms with Gasteiger partial charge in [0.15, 0.2) is 5.43 Å². The van der Waals surface area contributed by atoms with Crippen LogP contribution in [0.25, 0.3) is 22.3 Å². The number of methoxy groups -OCH3 is 2. The maximum absolute atomic E-state index is 13.2. The smallest absolute Gasteiger partial charge is 0.197 e. The molecule has 30 heavy (non-hydrogen) atoms. The Bertz CT molecular complexity index is 1140. The number of piperidine rings is 1. The minimum atomic E-state index is -0.610. The van der Waals surface area contributed by atoms with Gasteiger partial charge in [-0.1, -0.05) is 0 Å². The van der Waals surface area contributed by atoms with Gasteiger partial charge in [0.2, 0.25) is 0 Å². The molecule has 0 bridgehead atoms. The number of hydrogen-bond acceptors (Lipinski definition) is 7. The zero-order valence-electron chi connectivity index (χ0n) is 17.9. The van der Waals surface area contributed by atoms with E-state index in [-0.39, 0.29) is 11.3 Å². The summed E-state index contributed by atoms with van der Waals surface area (Å²) in [7, 11) is 5.05. The lowest BCUT2D eigenvalue weighted by molar-refractivity contribution is 0.0630. The largest absolute Gasteiger partial charge is 0.496 e. The molecule has 0 radical (unpaired) electrons. The Morgan fingerprint density at radius 3 is 2.43 bits per heavy atom. The maximum atomic E-state index is 13.2. The average molecular weight is 413 g/mol. The molecule has 1 aliphatic heterocycles. The summed E-state index contributed by atoms with van der Waals surface area (Å²) in [6.45, 7) is 5.04. The van der Waals surface area contributed by atoms with Crippen molar-refractivity contribution in [1.82, 2.24) is 4.90 Å². The van der Waals surface area contributed by atoms with Crippen molar-refractivity contribution in [3.63, 3.8) is 0 Å². The molecule has 7 heteroatoms. The lowest BCUT2D eigenvalue weighted by Gasteiger charge is -2.34. The maximum Gasteiger partial charge on any atom is 0.197 e. The molecule has 4 rings (SSSR count). The van der Waals surface area contributed by atoms with Gasteiger partial charge in [-0.25, -0.2) is 0 Å². The van der Waals surface area contributed by atoms with Gasteiger partial charge in [-0.05, 0) is 39.9 Å². The number of nitrogens with zero attached hydrogens (tertiary/aromatic N) is 1. The van der Waals surface area contributed by atoms with Crippen LogP contribution >= 0.6 is 0 Å². The van der Waals surface area contributed by atoms with E-state index >= 15 is 0 Å². The number of rotatable bonds is 4. The highest BCUT2D eigenvalue weighted by Crippen LogP contribution is 2.43. The number of furan rings is 1. The highest BCUT2D eigenvalue weighted by Gasteiger charge is 2.33. The van der Waals surface area contributed by atoms with Crippen LogP contribution in [0.2, 0.25) is 0 Å². The van der Waals surface area contributed by atoms with Gasteiger partial charge < -0.3 is 28.3 Å². The van der Waals surface area contributed by atoms with E-state index in [1.54, 1.807) is 13.2 Å². The number of likely N-dealkylation sites (N-methyl/N-ethyl adjacent to an activating group) is 1. The fourth-order valence-corrected chi connectivity index (χ4v) is 4.41. The Balaban J connectivity index is 2.04. The van der Waals surface area contributed by atoms with Crippen LogP contribution in [0, 0.1) is 13.8 Å². The van der Waals surface area contributed by atoms with Crippen LogP contribution in [0.5, 0.6) is 11.5 Å². The summed E-state index contributed by atoms with van der Waals surface area (Å²) in [6.07, 6.45) is 0.105. The second-order valence-corrected chi connectivity index (χ2v) is 7.93. The molecule has 7 nitrogen and oxygen atoms in total. The molecule has 1 N–H and O–H groups in total. The number of aliphatic hydroxyl groups excluding tert-OH is 1. The molecule has 1 fully saturated rings. The molecule has 3 heterocycles. The number of likely N-dealkylation sites (tertiary alicyclic amines) is 1. The van der Waals surface area contributed by atoms with Crippen LogP contribution in [-0.4, -0.2) is 50.5 Å². The first-order valence-electron chi connectivity index (χ1n) is 10.0. The first-order valence-corrected chi connectivity index (χ1v) is 10.0. The van der Waals surface area contributed by atoms with E-state index in [9.17, 15) is 9.90 Å². The molecule has 3 aromatic rings. The number of hydrogen-bond donors (Lipinski definition) is 1. The van der Waals surface area contributed by atoms with Crippen molar-refractivity contribution in [2.75, 3.05) is 34.4 Å². The third kappa shape index (κ3) is 3.38. The molecular weight excluding hydrogens is 386 g/mol. The third-order valence-electron chi connectivity index (χ3n) is 5.87. The zero-order chi connectivity index (χ0) is 21.6. The number of fused-ring (bicyclic) bond motifs is 1. The zero-order valence-corrected chi connectivity index (χ0v) is 17.9. The van der Waals surface area contributed by atoms with Gasteiger partial charge in [0, 0.05) is 30.2 Å². The summed E-state index contributed by atoms with van der Waals surface area (Å²) in [5.41, 5.74) is 1.60. The lowest BCUT2D eigenvalue weighted by atomic mass is 9.85. The minimum absolute atomic E-state index is 0.215. The fourth-order valence-electron chi connectivity index (χ4n) is 4.41. The van der Waals surface area contributed by atoms with E-state index in [4.69, 9.17) is 18.3 Å². The van der Waals surface area contributed by atoms with Crippen molar-refractivity contribution in [2.24, 2.45) is 0 Å². The molecule has 1 aromatic carbocycles. The van der Waals surface area contributed by atoms with Gasteiger partial charge in [-0.15, -0.1) is 0 Å².